The van der Waals surface area contributed by atoms with Crippen molar-refractivity contribution in [2.24, 2.45) is 0 Å². The van der Waals surface area contributed by atoms with Crippen LogP contribution in [0.2, 0.25) is 0 Å². The molecule has 0 aliphatic carbocycles. The van der Waals surface area contributed by atoms with Gasteiger partial charge in [0.1, 0.15) is 0 Å². The van der Waals surface area contributed by atoms with Crippen molar-refractivity contribution < 1.29 is 4.79 Å². The van der Waals surface area contributed by atoms with Crippen LogP contribution >= 0.6 is 11.8 Å². The Balaban J connectivity index is 3.25. The van der Waals surface area contributed by atoms with Gasteiger partial charge in [-0.25, -0.2) is 0 Å². The molecule has 19 heavy (non-hydrogen) atoms. The minimum atomic E-state index is 0.237. The second kappa shape index (κ2) is 15.3. The van der Waals surface area contributed by atoms with Gasteiger partial charge in [0.25, 0.3) is 0 Å². The Morgan fingerprint density at radius 1 is 0.895 bits per heavy atom. The van der Waals surface area contributed by atoms with Crippen molar-refractivity contribution >= 4 is 16.9 Å². The first-order valence-corrected chi connectivity index (χ1v) is 8.34. The smallest absolute Gasteiger partial charge is 0.185 e. The third kappa shape index (κ3) is 17.2. The summed E-state index contributed by atoms with van der Waals surface area (Å²) in [5, 5.41) is 0.237. The van der Waals surface area contributed by atoms with Crippen molar-refractivity contribution in [3.8, 4) is 0 Å². The van der Waals surface area contributed by atoms with E-state index in [0.717, 1.165) is 37.9 Å². The van der Waals surface area contributed by atoms with E-state index in [2.05, 4.69) is 43.4 Å². The molecule has 0 N–H and O–H groups in total. The summed E-state index contributed by atoms with van der Waals surface area (Å²) < 4.78 is 0. The van der Waals surface area contributed by atoms with Crippen molar-refractivity contribution in [1.82, 2.24) is 0 Å². The molecule has 0 bridgehead atoms. The maximum Gasteiger partial charge on any atom is 0.185 e. The number of rotatable bonds is 11. The Labute approximate surface area is 123 Å². The number of hydrogen-bond donors (Lipinski definition) is 0. The Morgan fingerprint density at radius 2 is 1.53 bits per heavy atom. The van der Waals surface area contributed by atoms with Crippen LogP contribution in [0.25, 0.3) is 0 Å². The lowest BCUT2D eigenvalue weighted by Crippen LogP contribution is -1.86. The Morgan fingerprint density at radius 3 is 2.16 bits per heavy atom. The number of unbranched alkanes of at least 4 members (excludes halogenated alkanes) is 3. The van der Waals surface area contributed by atoms with Crippen LogP contribution in [0.5, 0.6) is 0 Å². The van der Waals surface area contributed by atoms with Crippen molar-refractivity contribution in [2.45, 2.75) is 58.8 Å². The monoisotopic (exact) mass is 280 g/mol. The van der Waals surface area contributed by atoms with E-state index in [0.29, 0.717) is 0 Å². The Bertz CT molecular complexity index is 290. The summed E-state index contributed by atoms with van der Waals surface area (Å²) in [6.45, 7) is 3.79. The summed E-state index contributed by atoms with van der Waals surface area (Å²) in [7, 11) is 0. The molecule has 0 radical (unpaired) electrons. The SMILES string of the molecule is CCC=CCC=CCC=CCCCCCSC(C)=O. The highest BCUT2D eigenvalue weighted by Crippen LogP contribution is 2.08. The molecule has 0 amide bonds. The van der Waals surface area contributed by atoms with E-state index < -0.39 is 0 Å². The summed E-state index contributed by atoms with van der Waals surface area (Å²) >= 11 is 1.44. The summed E-state index contributed by atoms with van der Waals surface area (Å²) in [5.41, 5.74) is 0. The third-order valence-electron chi connectivity index (χ3n) is 2.60. The third-order valence-corrected chi connectivity index (χ3v) is 3.50. The summed E-state index contributed by atoms with van der Waals surface area (Å²) in [5.74, 6) is 0.979. The minimum Gasteiger partial charge on any atom is -0.288 e. The molecule has 0 fully saturated rings. The van der Waals surface area contributed by atoms with E-state index in [1.807, 2.05) is 0 Å². The average Bonchev–Trinajstić information content (AvgIpc) is 2.39. The standard InChI is InChI=1S/C17H28OS/c1-3-4-5-6-7-8-9-10-11-12-13-14-15-16-19-17(2)18/h4-5,7-8,10-11H,3,6,9,12-16H2,1-2H3. The van der Waals surface area contributed by atoms with Crippen LogP contribution in [-0.2, 0) is 4.79 Å². The van der Waals surface area contributed by atoms with Gasteiger partial charge in [-0.2, -0.15) is 0 Å². The fourth-order valence-electron chi connectivity index (χ4n) is 1.58. The van der Waals surface area contributed by atoms with Gasteiger partial charge in [0.05, 0.1) is 0 Å². The van der Waals surface area contributed by atoms with Gasteiger partial charge in [-0.15, -0.1) is 0 Å². The van der Waals surface area contributed by atoms with Crippen LogP contribution < -0.4 is 0 Å². The molecule has 0 aromatic carbocycles. The van der Waals surface area contributed by atoms with Gasteiger partial charge in [-0.1, -0.05) is 61.6 Å². The van der Waals surface area contributed by atoms with Gasteiger partial charge in [0.2, 0.25) is 0 Å². The lowest BCUT2D eigenvalue weighted by atomic mass is 10.2. The van der Waals surface area contributed by atoms with E-state index in [-0.39, 0.29) is 5.12 Å². The molecule has 0 aliphatic rings. The molecule has 108 valence electrons. The molecule has 0 aromatic rings. The lowest BCUT2D eigenvalue weighted by molar-refractivity contribution is -0.109. The molecule has 0 saturated heterocycles. The normalized spacial score (nSPS) is 12.1. The van der Waals surface area contributed by atoms with Crippen LogP contribution in [-0.4, -0.2) is 10.9 Å². The van der Waals surface area contributed by atoms with Gasteiger partial charge < -0.3 is 0 Å². The van der Waals surface area contributed by atoms with Crippen molar-refractivity contribution in [1.29, 1.82) is 0 Å². The molecule has 0 atom stereocenters. The molecule has 0 saturated carbocycles. The molecule has 0 aliphatic heterocycles. The Hall–Kier alpha value is -0.760. The lowest BCUT2D eigenvalue weighted by Gasteiger charge is -1.96. The fourth-order valence-corrected chi connectivity index (χ4v) is 2.22. The van der Waals surface area contributed by atoms with E-state index in [1.165, 1.54) is 24.6 Å². The maximum atomic E-state index is 10.7. The van der Waals surface area contributed by atoms with Crippen LogP contribution in [0.15, 0.2) is 36.5 Å². The highest BCUT2D eigenvalue weighted by atomic mass is 32.2. The predicted octanol–water partition coefficient (Wildman–Crippen LogP) is 5.69. The maximum absolute atomic E-state index is 10.7. The molecular weight excluding hydrogens is 252 g/mol. The van der Waals surface area contributed by atoms with Crippen LogP contribution in [0.3, 0.4) is 0 Å². The van der Waals surface area contributed by atoms with Gasteiger partial charge in [-0.3, -0.25) is 4.79 Å². The fraction of sp³-hybridized carbons (Fsp3) is 0.588. The number of thioether (sulfide) groups is 1. The minimum absolute atomic E-state index is 0.237. The van der Waals surface area contributed by atoms with E-state index in [9.17, 15) is 4.79 Å². The van der Waals surface area contributed by atoms with E-state index >= 15 is 0 Å². The zero-order chi connectivity index (χ0) is 14.2. The first-order chi connectivity index (χ1) is 9.27. The van der Waals surface area contributed by atoms with Gasteiger partial charge in [-0.05, 0) is 38.5 Å². The second-order valence-corrected chi connectivity index (χ2v) is 5.76. The predicted molar refractivity (Wildman–Crippen MR) is 88.6 cm³/mol. The van der Waals surface area contributed by atoms with Crippen molar-refractivity contribution in [3.63, 3.8) is 0 Å². The highest BCUT2D eigenvalue weighted by molar-refractivity contribution is 8.13. The molecule has 0 heterocycles. The van der Waals surface area contributed by atoms with E-state index in [1.54, 1.807) is 6.92 Å². The molecule has 0 spiro atoms. The zero-order valence-electron chi connectivity index (χ0n) is 12.4. The average molecular weight is 280 g/mol. The topological polar surface area (TPSA) is 17.1 Å². The summed E-state index contributed by atoms with van der Waals surface area (Å²) in [6.07, 6.45) is 21.3. The largest absolute Gasteiger partial charge is 0.288 e. The van der Waals surface area contributed by atoms with Gasteiger partial charge in [0, 0.05) is 12.7 Å². The molecular formula is C17H28OS. The van der Waals surface area contributed by atoms with Crippen LogP contribution in [0.1, 0.15) is 58.8 Å². The second-order valence-electron chi connectivity index (χ2n) is 4.48. The molecule has 2 heteroatoms. The Kier molecular flexibility index (Phi) is 14.7. The summed E-state index contributed by atoms with van der Waals surface area (Å²) in [4.78, 5) is 10.7. The first-order valence-electron chi connectivity index (χ1n) is 7.35. The van der Waals surface area contributed by atoms with Crippen LogP contribution in [0, 0.1) is 0 Å². The van der Waals surface area contributed by atoms with Crippen molar-refractivity contribution in [3.05, 3.63) is 36.5 Å². The number of carbonyl (C=O) groups excluding carboxylic acids is 1. The molecule has 0 aromatic heterocycles. The number of allylic oxidation sites excluding steroid dienone is 6. The van der Waals surface area contributed by atoms with Gasteiger partial charge in [0.15, 0.2) is 5.12 Å². The molecule has 0 unspecified atom stereocenters. The molecule has 1 nitrogen and oxygen atoms in total. The number of hydrogen-bond acceptors (Lipinski definition) is 2. The molecule has 0 rings (SSSR count). The van der Waals surface area contributed by atoms with Crippen LogP contribution in [0.4, 0.5) is 0 Å². The quantitative estimate of drug-likeness (QED) is 0.357. The van der Waals surface area contributed by atoms with E-state index in [4.69, 9.17) is 0 Å². The zero-order valence-corrected chi connectivity index (χ0v) is 13.3. The van der Waals surface area contributed by atoms with Crippen molar-refractivity contribution in [2.75, 3.05) is 5.75 Å². The summed E-state index contributed by atoms with van der Waals surface area (Å²) in [6, 6.07) is 0. The first kappa shape index (κ1) is 18.2. The highest BCUT2D eigenvalue weighted by Gasteiger charge is 1.93. The van der Waals surface area contributed by atoms with Gasteiger partial charge >= 0.3 is 0 Å². The number of carbonyl (C=O) groups is 1.